The first kappa shape index (κ1) is 34.6. The third-order valence-electron chi connectivity index (χ3n) is 8.49. The molecule has 0 radical (unpaired) electrons. The standard InChI is InChI=1S/C36H38F3N7O4/c1-3-25(2)46-34(47)45(24-44-46)31-11-7-29(8-12-31)40-17-18-41-30-9-13-32(14-10-30)48-22-33-23-49-35(50-33,20-26-15-16-42-43-21-26)27-5-4-6-28(19-27)36(37,38)39/h4-16,19,21,24-25,33,40-41H,3,17-18,20,22-23H2,1-2H3/t25?,33-,35+/m1/s1. The number of ether oxygens (including phenoxy) is 3. The average molecular weight is 690 g/mol. The normalized spacial score (nSPS) is 18.1. The van der Waals surface area contributed by atoms with Gasteiger partial charge < -0.3 is 24.8 Å². The number of halogens is 3. The highest BCUT2D eigenvalue weighted by atomic mass is 19.4. The number of anilines is 2. The Bertz CT molecular complexity index is 1900. The van der Waals surface area contributed by atoms with Crippen molar-refractivity contribution in [2.24, 2.45) is 0 Å². The molecule has 3 heterocycles. The number of benzene rings is 3. The smallest absolute Gasteiger partial charge is 0.416 e. The largest absolute Gasteiger partial charge is 0.491 e. The number of aromatic nitrogens is 5. The molecule has 2 N–H and O–H groups in total. The van der Waals surface area contributed by atoms with Crippen LogP contribution in [-0.4, -0.2) is 57.0 Å². The second-order valence-corrected chi connectivity index (χ2v) is 12.0. The summed E-state index contributed by atoms with van der Waals surface area (Å²) in [5, 5.41) is 18.6. The molecule has 1 fully saturated rings. The van der Waals surface area contributed by atoms with E-state index in [-0.39, 0.29) is 36.9 Å². The van der Waals surface area contributed by atoms with E-state index >= 15 is 0 Å². The second-order valence-electron chi connectivity index (χ2n) is 12.0. The van der Waals surface area contributed by atoms with Crippen molar-refractivity contribution in [1.82, 2.24) is 24.5 Å². The van der Waals surface area contributed by atoms with Crippen molar-refractivity contribution in [2.45, 2.75) is 50.8 Å². The van der Waals surface area contributed by atoms with E-state index in [1.807, 2.05) is 62.4 Å². The second kappa shape index (κ2) is 15.1. The van der Waals surface area contributed by atoms with Crippen LogP contribution in [0.4, 0.5) is 24.5 Å². The Kier molecular flexibility index (Phi) is 10.5. The maximum absolute atomic E-state index is 13.5. The lowest BCUT2D eigenvalue weighted by atomic mass is 9.97. The van der Waals surface area contributed by atoms with Crippen molar-refractivity contribution >= 4 is 11.4 Å². The van der Waals surface area contributed by atoms with E-state index in [2.05, 4.69) is 25.9 Å². The summed E-state index contributed by atoms with van der Waals surface area (Å²) in [6.45, 7) is 5.57. The molecule has 2 aromatic heterocycles. The first-order chi connectivity index (χ1) is 24.1. The Morgan fingerprint density at radius 2 is 1.72 bits per heavy atom. The fourth-order valence-electron chi connectivity index (χ4n) is 5.60. The number of nitrogens with zero attached hydrogens (tertiary/aromatic N) is 5. The van der Waals surface area contributed by atoms with Crippen molar-refractivity contribution in [3.63, 3.8) is 0 Å². The maximum atomic E-state index is 13.5. The van der Waals surface area contributed by atoms with Crippen LogP contribution in [0, 0.1) is 0 Å². The molecule has 1 saturated heterocycles. The van der Waals surface area contributed by atoms with Gasteiger partial charge in [-0.15, -0.1) is 0 Å². The van der Waals surface area contributed by atoms with Gasteiger partial charge in [-0.05, 0) is 85.6 Å². The van der Waals surface area contributed by atoms with Crippen molar-refractivity contribution < 1.29 is 27.4 Å². The van der Waals surface area contributed by atoms with Gasteiger partial charge in [0.25, 0.3) is 0 Å². The van der Waals surface area contributed by atoms with Gasteiger partial charge in [-0.2, -0.15) is 28.5 Å². The third-order valence-corrected chi connectivity index (χ3v) is 8.49. The molecule has 6 rings (SSSR count). The van der Waals surface area contributed by atoms with E-state index in [9.17, 15) is 18.0 Å². The topological polar surface area (TPSA) is 117 Å². The van der Waals surface area contributed by atoms with E-state index in [0.717, 1.165) is 35.6 Å². The Hall–Kier alpha value is -5.21. The number of alkyl halides is 3. The fourth-order valence-corrected chi connectivity index (χ4v) is 5.60. The highest BCUT2D eigenvalue weighted by Crippen LogP contribution is 2.40. The molecule has 262 valence electrons. The molecule has 1 aliphatic heterocycles. The lowest BCUT2D eigenvalue weighted by molar-refractivity contribution is -0.179. The molecule has 1 unspecified atom stereocenters. The molecule has 3 aromatic carbocycles. The van der Waals surface area contributed by atoms with Crippen LogP contribution in [-0.2, 0) is 27.9 Å². The highest BCUT2D eigenvalue weighted by Gasteiger charge is 2.45. The lowest BCUT2D eigenvalue weighted by Crippen LogP contribution is -2.32. The minimum absolute atomic E-state index is 0.0367. The predicted octanol–water partition coefficient (Wildman–Crippen LogP) is 6.23. The van der Waals surface area contributed by atoms with E-state index in [4.69, 9.17) is 14.2 Å². The number of hydrogen-bond donors (Lipinski definition) is 2. The van der Waals surface area contributed by atoms with E-state index in [0.29, 0.717) is 24.4 Å². The van der Waals surface area contributed by atoms with Gasteiger partial charge in [0, 0.05) is 42.6 Å². The van der Waals surface area contributed by atoms with Crippen LogP contribution >= 0.6 is 0 Å². The zero-order valence-electron chi connectivity index (χ0n) is 27.6. The van der Waals surface area contributed by atoms with Crippen molar-refractivity contribution in [2.75, 3.05) is 36.9 Å². The molecule has 14 heteroatoms. The summed E-state index contributed by atoms with van der Waals surface area (Å²) in [4.78, 5) is 12.7. The van der Waals surface area contributed by atoms with Crippen molar-refractivity contribution in [3.8, 4) is 11.4 Å². The molecule has 0 spiro atoms. The number of nitrogens with one attached hydrogen (secondary N) is 2. The first-order valence-electron chi connectivity index (χ1n) is 16.4. The molecule has 0 saturated carbocycles. The summed E-state index contributed by atoms with van der Waals surface area (Å²) >= 11 is 0. The van der Waals surface area contributed by atoms with Gasteiger partial charge in [0.1, 0.15) is 24.8 Å². The highest BCUT2D eigenvalue weighted by molar-refractivity contribution is 5.50. The SMILES string of the molecule is CCC(C)n1ncn(-c2ccc(NCCNc3ccc(OC[C@@H]4CO[C@](Cc5ccnnc5)(c5cccc(C(F)(F)F)c5)O4)cc3)cc2)c1=O. The van der Waals surface area contributed by atoms with Crippen LogP contribution in [0.2, 0.25) is 0 Å². The van der Waals surface area contributed by atoms with E-state index in [1.54, 1.807) is 18.5 Å². The Labute approximate surface area is 287 Å². The van der Waals surface area contributed by atoms with Crippen LogP contribution < -0.4 is 21.1 Å². The summed E-state index contributed by atoms with van der Waals surface area (Å²) in [5.74, 6) is -0.833. The molecule has 1 aliphatic rings. The quantitative estimate of drug-likeness (QED) is 0.131. The van der Waals surface area contributed by atoms with Crippen LogP contribution in [0.1, 0.15) is 43.0 Å². The summed E-state index contributed by atoms with van der Waals surface area (Å²) < 4.78 is 62.0. The van der Waals surface area contributed by atoms with E-state index in [1.165, 1.54) is 27.7 Å². The molecule has 0 bridgehead atoms. The van der Waals surface area contributed by atoms with Gasteiger partial charge >= 0.3 is 11.9 Å². The summed E-state index contributed by atoms with van der Waals surface area (Å²) in [6.07, 6.45) is 0.522. The fraction of sp³-hybridized carbons (Fsp3) is 0.333. The molecule has 11 nitrogen and oxygen atoms in total. The zero-order chi connectivity index (χ0) is 35.1. The van der Waals surface area contributed by atoms with Gasteiger partial charge in [0.2, 0.25) is 0 Å². The molecule has 0 aliphatic carbocycles. The van der Waals surface area contributed by atoms with Crippen LogP contribution in [0.3, 0.4) is 0 Å². The average Bonchev–Trinajstić information content (AvgIpc) is 3.73. The van der Waals surface area contributed by atoms with Gasteiger partial charge in [0.15, 0.2) is 5.79 Å². The predicted molar refractivity (Wildman–Crippen MR) is 181 cm³/mol. The minimum atomic E-state index is -4.51. The summed E-state index contributed by atoms with van der Waals surface area (Å²) in [7, 11) is 0. The van der Waals surface area contributed by atoms with Crippen LogP contribution in [0.5, 0.6) is 5.75 Å². The van der Waals surface area contributed by atoms with Crippen molar-refractivity contribution in [3.05, 3.63) is 125 Å². The Morgan fingerprint density at radius 3 is 2.38 bits per heavy atom. The molecular weight excluding hydrogens is 651 g/mol. The van der Waals surface area contributed by atoms with E-state index < -0.39 is 23.6 Å². The Balaban J connectivity index is 0.987. The first-order valence-corrected chi connectivity index (χ1v) is 16.4. The zero-order valence-corrected chi connectivity index (χ0v) is 27.6. The van der Waals surface area contributed by atoms with Gasteiger partial charge in [-0.3, -0.25) is 0 Å². The molecule has 3 atom stereocenters. The molecule has 0 amide bonds. The summed E-state index contributed by atoms with van der Waals surface area (Å²) in [5.41, 5.74) is 2.60. The number of hydrogen-bond acceptors (Lipinski definition) is 9. The van der Waals surface area contributed by atoms with Gasteiger partial charge in [-0.25, -0.2) is 14.0 Å². The monoisotopic (exact) mass is 689 g/mol. The van der Waals surface area contributed by atoms with Crippen LogP contribution in [0.25, 0.3) is 5.69 Å². The van der Waals surface area contributed by atoms with Gasteiger partial charge in [-0.1, -0.05) is 19.1 Å². The maximum Gasteiger partial charge on any atom is 0.416 e. The van der Waals surface area contributed by atoms with Gasteiger partial charge in [0.05, 0.1) is 30.1 Å². The minimum Gasteiger partial charge on any atom is -0.491 e. The number of rotatable bonds is 14. The molecule has 5 aromatic rings. The summed E-state index contributed by atoms with van der Waals surface area (Å²) in [6, 6.07) is 21.8. The van der Waals surface area contributed by atoms with Crippen molar-refractivity contribution in [1.29, 1.82) is 0 Å². The van der Waals surface area contributed by atoms with Crippen LogP contribution in [0.15, 0.2) is 102 Å². The molecule has 50 heavy (non-hydrogen) atoms. The Morgan fingerprint density at radius 1 is 1.00 bits per heavy atom. The lowest BCUT2D eigenvalue weighted by Gasteiger charge is -2.29. The molecular formula is C36H38F3N7O4. The third kappa shape index (κ3) is 8.14.